The molecule has 0 saturated carbocycles. The van der Waals surface area contributed by atoms with Crippen LogP contribution in [-0.4, -0.2) is 44.6 Å². The molecule has 2 heterocycles. The van der Waals surface area contributed by atoms with Gasteiger partial charge in [-0.1, -0.05) is 60.1 Å². The second kappa shape index (κ2) is 8.61. The number of likely N-dealkylation sites (tertiary alicyclic amines) is 1. The summed E-state index contributed by atoms with van der Waals surface area (Å²) >= 11 is 6.16. The SMILES string of the molecule is O=C1CCN(C(=O)c2ccccc2)CC1c1nc(Cl)c([N+](=O)[O-])c(-c2ccccc2)n1. The highest BCUT2D eigenvalue weighted by molar-refractivity contribution is 6.32. The summed E-state index contributed by atoms with van der Waals surface area (Å²) in [6.07, 6.45) is 0.141. The molecule has 1 fully saturated rings. The monoisotopic (exact) mass is 436 g/mol. The number of hydrogen-bond donors (Lipinski definition) is 0. The molecule has 1 atom stereocenters. The third kappa shape index (κ3) is 4.15. The number of benzene rings is 2. The van der Waals surface area contributed by atoms with Crippen LogP contribution in [0.2, 0.25) is 5.15 Å². The molecular formula is C22H17ClN4O4. The summed E-state index contributed by atoms with van der Waals surface area (Å²) in [5.74, 6) is -1.08. The van der Waals surface area contributed by atoms with Crippen LogP contribution in [0.5, 0.6) is 0 Å². The van der Waals surface area contributed by atoms with Crippen molar-refractivity contribution in [2.45, 2.75) is 12.3 Å². The highest BCUT2D eigenvalue weighted by Crippen LogP contribution is 2.35. The first-order valence-corrected chi connectivity index (χ1v) is 9.97. The van der Waals surface area contributed by atoms with Crippen molar-refractivity contribution in [3.63, 3.8) is 0 Å². The zero-order valence-electron chi connectivity index (χ0n) is 16.3. The number of carbonyl (C=O) groups is 2. The zero-order valence-corrected chi connectivity index (χ0v) is 17.0. The summed E-state index contributed by atoms with van der Waals surface area (Å²) in [6.45, 7) is 0.365. The van der Waals surface area contributed by atoms with E-state index >= 15 is 0 Å². The second-order valence-corrected chi connectivity index (χ2v) is 7.44. The number of nitrogens with zero attached hydrogens (tertiary/aromatic N) is 4. The van der Waals surface area contributed by atoms with E-state index in [4.69, 9.17) is 11.6 Å². The van der Waals surface area contributed by atoms with Gasteiger partial charge in [-0.05, 0) is 12.1 Å². The van der Waals surface area contributed by atoms with E-state index in [-0.39, 0.29) is 47.9 Å². The minimum atomic E-state index is -0.817. The molecule has 0 bridgehead atoms. The quantitative estimate of drug-likeness (QED) is 0.349. The number of carbonyl (C=O) groups excluding carboxylic acids is 2. The molecule has 8 nitrogen and oxygen atoms in total. The molecule has 0 aliphatic carbocycles. The summed E-state index contributed by atoms with van der Waals surface area (Å²) < 4.78 is 0. The van der Waals surface area contributed by atoms with E-state index in [2.05, 4.69) is 9.97 Å². The summed E-state index contributed by atoms with van der Waals surface area (Å²) in [7, 11) is 0. The highest BCUT2D eigenvalue weighted by Gasteiger charge is 2.35. The van der Waals surface area contributed by atoms with Crippen molar-refractivity contribution >= 4 is 29.0 Å². The van der Waals surface area contributed by atoms with Gasteiger partial charge in [-0.2, -0.15) is 0 Å². The van der Waals surface area contributed by atoms with Crippen LogP contribution >= 0.6 is 11.6 Å². The maximum atomic E-state index is 12.8. The van der Waals surface area contributed by atoms with Crippen LogP contribution in [-0.2, 0) is 4.79 Å². The minimum absolute atomic E-state index is 0.0416. The van der Waals surface area contributed by atoms with Crippen molar-refractivity contribution in [3.8, 4) is 11.3 Å². The van der Waals surface area contributed by atoms with Crippen LogP contribution in [0.1, 0.15) is 28.5 Å². The van der Waals surface area contributed by atoms with E-state index in [1.165, 1.54) is 0 Å². The van der Waals surface area contributed by atoms with Crippen molar-refractivity contribution in [1.82, 2.24) is 14.9 Å². The number of rotatable bonds is 4. The molecule has 9 heteroatoms. The number of Topliss-reactive ketones (excluding diaryl/α,β-unsaturated/α-hetero) is 1. The average Bonchev–Trinajstić information content (AvgIpc) is 2.79. The fraction of sp³-hybridized carbons (Fsp3) is 0.182. The Morgan fingerprint density at radius 2 is 1.71 bits per heavy atom. The zero-order chi connectivity index (χ0) is 22.0. The van der Waals surface area contributed by atoms with Gasteiger partial charge in [-0.25, -0.2) is 9.97 Å². The Labute approximate surface area is 182 Å². The molecule has 0 radical (unpaired) electrons. The summed E-state index contributed by atoms with van der Waals surface area (Å²) in [5, 5.41) is 11.2. The Kier molecular flexibility index (Phi) is 5.73. The van der Waals surface area contributed by atoms with Crippen molar-refractivity contribution < 1.29 is 14.5 Å². The van der Waals surface area contributed by atoms with E-state index in [0.29, 0.717) is 11.1 Å². The van der Waals surface area contributed by atoms with Gasteiger partial charge in [-0.3, -0.25) is 19.7 Å². The molecule has 2 aromatic carbocycles. The van der Waals surface area contributed by atoms with E-state index in [1.807, 2.05) is 6.07 Å². The van der Waals surface area contributed by atoms with Gasteiger partial charge in [0.1, 0.15) is 11.6 Å². The third-order valence-electron chi connectivity index (χ3n) is 5.13. The van der Waals surface area contributed by atoms with E-state index in [1.54, 1.807) is 59.5 Å². The van der Waals surface area contributed by atoms with Crippen molar-refractivity contribution in [2.75, 3.05) is 13.1 Å². The van der Waals surface area contributed by atoms with Crippen molar-refractivity contribution in [3.05, 3.63) is 87.3 Å². The fourth-order valence-electron chi connectivity index (χ4n) is 3.56. The first kappa shape index (κ1) is 20.6. The lowest BCUT2D eigenvalue weighted by Gasteiger charge is -2.31. The number of hydrogen-bond acceptors (Lipinski definition) is 6. The molecule has 31 heavy (non-hydrogen) atoms. The predicted octanol–water partition coefficient (Wildman–Crippen LogP) is 3.90. The maximum absolute atomic E-state index is 12.8. The number of piperidine rings is 1. The Morgan fingerprint density at radius 3 is 2.35 bits per heavy atom. The Hall–Kier alpha value is -3.65. The Balaban J connectivity index is 1.72. The fourth-order valence-corrected chi connectivity index (χ4v) is 3.81. The number of halogens is 1. The molecule has 4 rings (SSSR count). The smallest absolute Gasteiger partial charge is 0.332 e. The number of aromatic nitrogens is 2. The van der Waals surface area contributed by atoms with Crippen LogP contribution in [0, 0.1) is 10.1 Å². The van der Waals surface area contributed by atoms with Gasteiger partial charge in [0.25, 0.3) is 5.91 Å². The first-order valence-electron chi connectivity index (χ1n) is 9.60. The molecule has 1 aliphatic heterocycles. The molecule has 1 saturated heterocycles. The number of ketones is 1. The molecule has 3 aromatic rings. The summed E-state index contributed by atoms with van der Waals surface area (Å²) in [4.78, 5) is 46.5. The molecule has 1 aliphatic rings. The van der Waals surface area contributed by atoms with Crippen molar-refractivity contribution in [1.29, 1.82) is 0 Å². The van der Waals surface area contributed by atoms with E-state index < -0.39 is 16.5 Å². The lowest BCUT2D eigenvalue weighted by molar-refractivity contribution is -0.384. The molecule has 1 amide bonds. The van der Waals surface area contributed by atoms with Gasteiger partial charge in [0.05, 0.1) is 10.8 Å². The topological polar surface area (TPSA) is 106 Å². The lowest BCUT2D eigenvalue weighted by atomic mass is 9.94. The van der Waals surface area contributed by atoms with Gasteiger partial charge >= 0.3 is 5.69 Å². The van der Waals surface area contributed by atoms with Crippen LogP contribution in [0.4, 0.5) is 5.69 Å². The van der Waals surface area contributed by atoms with Crippen molar-refractivity contribution in [2.24, 2.45) is 0 Å². The molecule has 156 valence electrons. The van der Waals surface area contributed by atoms with Crippen LogP contribution in [0.25, 0.3) is 11.3 Å². The van der Waals surface area contributed by atoms with E-state index in [0.717, 1.165) is 0 Å². The standard InChI is InChI=1S/C22H17ClN4O4/c23-20-19(27(30)31)18(14-7-3-1-4-8-14)24-21(25-20)16-13-26(12-11-17(16)28)22(29)15-9-5-2-6-10-15/h1-10,16H,11-13H2. The largest absolute Gasteiger partial charge is 0.337 e. The van der Waals surface area contributed by atoms with Crippen LogP contribution in [0.3, 0.4) is 0 Å². The average molecular weight is 437 g/mol. The number of amides is 1. The lowest BCUT2D eigenvalue weighted by Crippen LogP contribution is -2.43. The summed E-state index contributed by atoms with van der Waals surface area (Å²) in [5.41, 5.74) is 0.625. The summed E-state index contributed by atoms with van der Waals surface area (Å²) in [6, 6.07) is 17.3. The maximum Gasteiger partial charge on any atom is 0.332 e. The molecule has 0 N–H and O–H groups in total. The second-order valence-electron chi connectivity index (χ2n) is 7.08. The number of nitro groups is 1. The predicted molar refractivity (Wildman–Crippen MR) is 114 cm³/mol. The molecule has 1 aromatic heterocycles. The van der Waals surface area contributed by atoms with Gasteiger partial charge < -0.3 is 4.90 Å². The molecule has 0 spiro atoms. The molecule has 1 unspecified atom stereocenters. The van der Waals surface area contributed by atoms with Gasteiger partial charge in [0.2, 0.25) is 5.15 Å². The Bertz CT molecular complexity index is 1150. The normalized spacial score (nSPS) is 16.2. The van der Waals surface area contributed by atoms with Gasteiger partial charge in [0.15, 0.2) is 5.69 Å². The minimum Gasteiger partial charge on any atom is -0.337 e. The molecular weight excluding hydrogens is 420 g/mol. The van der Waals surface area contributed by atoms with Gasteiger partial charge in [0, 0.05) is 30.6 Å². The Morgan fingerprint density at radius 1 is 1.06 bits per heavy atom. The highest BCUT2D eigenvalue weighted by atomic mass is 35.5. The third-order valence-corrected chi connectivity index (χ3v) is 5.39. The van der Waals surface area contributed by atoms with E-state index in [9.17, 15) is 19.7 Å². The van der Waals surface area contributed by atoms with Crippen LogP contribution < -0.4 is 0 Å². The van der Waals surface area contributed by atoms with Gasteiger partial charge in [-0.15, -0.1) is 0 Å². The first-order chi connectivity index (χ1) is 15.0. The van der Waals surface area contributed by atoms with Crippen LogP contribution in [0.15, 0.2) is 60.7 Å².